The monoisotopic (exact) mass is 182 g/mol. The predicted octanol–water partition coefficient (Wildman–Crippen LogP) is 0.774. The number of carbonyl (C=O) groups excluding carboxylic acids is 1. The summed E-state index contributed by atoms with van der Waals surface area (Å²) in [6.07, 6.45) is 0.733. The standard InChI is InChI=1S/C10H14O3/c1-2-3-4-5-9(11)10-8-12-6-7-13-10/h10H,4-8H2,1H3. The lowest BCUT2D eigenvalue weighted by Gasteiger charge is -2.21. The van der Waals surface area contributed by atoms with Crippen LogP contribution in [0, 0.1) is 11.8 Å². The average molecular weight is 182 g/mol. The van der Waals surface area contributed by atoms with E-state index in [-0.39, 0.29) is 11.9 Å². The van der Waals surface area contributed by atoms with Crippen molar-refractivity contribution in [3.8, 4) is 11.8 Å². The molecule has 1 fully saturated rings. The third kappa shape index (κ3) is 3.58. The van der Waals surface area contributed by atoms with Crippen LogP contribution in [0.1, 0.15) is 19.8 Å². The molecule has 3 heteroatoms. The van der Waals surface area contributed by atoms with Crippen molar-refractivity contribution in [3.63, 3.8) is 0 Å². The minimum absolute atomic E-state index is 0.0995. The highest BCUT2D eigenvalue weighted by Crippen LogP contribution is 2.05. The van der Waals surface area contributed by atoms with E-state index in [9.17, 15) is 4.79 Å². The van der Waals surface area contributed by atoms with Crippen molar-refractivity contribution in [2.75, 3.05) is 19.8 Å². The lowest BCUT2D eigenvalue weighted by Crippen LogP contribution is -2.35. The highest BCUT2D eigenvalue weighted by atomic mass is 16.6. The summed E-state index contributed by atoms with van der Waals surface area (Å²) in [5, 5.41) is 0. The zero-order valence-corrected chi connectivity index (χ0v) is 7.84. The molecule has 3 nitrogen and oxygen atoms in total. The van der Waals surface area contributed by atoms with Gasteiger partial charge in [0.15, 0.2) is 5.78 Å². The Labute approximate surface area is 78.4 Å². The number of hydrogen-bond donors (Lipinski definition) is 0. The van der Waals surface area contributed by atoms with Crippen LogP contribution in [0.2, 0.25) is 0 Å². The molecule has 72 valence electrons. The number of carbonyl (C=O) groups is 1. The first-order chi connectivity index (χ1) is 6.34. The van der Waals surface area contributed by atoms with Gasteiger partial charge in [0.2, 0.25) is 0 Å². The van der Waals surface area contributed by atoms with Crippen LogP contribution < -0.4 is 0 Å². The van der Waals surface area contributed by atoms with Crippen molar-refractivity contribution in [2.45, 2.75) is 25.9 Å². The number of Topliss-reactive ketones (excluding diaryl/α,β-unsaturated/α-hetero) is 1. The molecule has 0 N–H and O–H groups in total. The van der Waals surface area contributed by atoms with E-state index in [4.69, 9.17) is 9.47 Å². The molecule has 0 aliphatic carbocycles. The maximum Gasteiger partial charge on any atom is 0.164 e. The van der Waals surface area contributed by atoms with Crippen molar-refractivity contribution >= 4 is 5.78 Å². The Balaban J connectivity index is 2.23. The van der Waals surface area contributed by atoms with Crippen LogP contribution in [0.5, 0.6) is 0 Å². The van der Waals surface area contributed by atoms with E-state index in [1.54, 1.807) is 6.92 Å². The molecule has 1 aliphatic rings. The molecule has 0 radical (unpaired) electrons. The topological polar surface area (TPSA) is 35.5 Å². The van der Waals surface area contributed by atoms with Gasteiger partial charge in [0.05, 0.1) is 19.8 Å². The Bertz CT molecular complexity index is 218. The van der Waals surface area contributed by atoms with Crippen LogP contribution in [-0.2, 0) is 14.3 Å². The van der Waals surface area contributed by atoms with Gasteiger partial charge in [-0.2, -0.15) is 0 Å². The van der Waals surface area contributed by atoms with E-state index in [2.05, 4.69) is 11.8 Å². The fourth-order valence-electron chi connectivity index (χ4n) is 1.15. The van der Waals surface area contributed by atoms with E-state index in [0.29, 0.717) is 32.7 Å². The highest BCUT2D eigenvalue weighted by Gasteiger charge is 2.21. The Kier molecular flexibility index (Phi) is 4.52. The SMILES string of the molecule is CC#CCCC(=O)C1COCCO1. The zero-order valence-electron chi connectivity index (χ0n) is 7.84. The van der Waals surface area contributed by atoms with E-state index >= 15 is 0 Å². The molecule has 0 aromatic heterocycles. The van der Waals surface area contributed by atoms with Crippen molar-refractivity contribution in [1.29, 1.82) is 0 Å². The molecule has 0 aromatic rings. The Morgan fingerprint density at radius 3 is 3.00 bits per heavy atom. The lowest BCUT2D eigenvalue weighted by atomic mass is 10.1. The quantitative estimate of drug-likeness (QED) is 0.605. The van der Waals surface area contributed by atoms with Gasteiger partial charge in [-0.15, -0.1) is 11.8 Å². The second-order valence-corrected chi connectivity index (χ2v) is 2.83. The Morgan fingerprint density at radius 1 is 1.54 bits per heavy atom. The zero-order chi connectivity index (χ0) is 9.52. The average Bonchev–Trinajstić information content (AvgIpc) is 2.19. The summed E-state index contributed by atoms with van der Waals surface area (Å²) in [5.41, 5.74) is 0. The highest BCUT2D eigenvalue weighted by molar-refractivity contribution is 5.83. The molecule has 1 unspecified atom stereocenters. The smallest absolute Gasteiger partial charge is 0.164 e. The maximum atomic E-state index is 11.4. The molecule has 0 aromatic carbocycles. The number of rotatable bonds is 3. The first-order valence-corrected chi connectivity index (χ1v) is 4.46. The van der Waals surface area contributed by atoms with Gasteiger partial charge in [-0.3, -0.25) is 4.79 Å². The molecule has 0 spiro atoms. The van der Waals surface area contributed by atoms with Gasteiger partial charge in [-0.05, 0) is 6.92 Å². The number of hydrogen-bond acceptors (Lipinski definition) is 3. The molecule has 1 atom stereocenters. The van der Waals surface area contributed by atoms with E-state index in [1.807, 2.05) is 0 Å². The van der Waals surface area contributed by atoms with Gasteiger partial charge in [0, 0.05) is 12.8 Å². The second-order valence-electron chi connectivity index (χ2n) is 2.83. The molecular weight excluding hydrogens is 168 g/mol. The fourth-order valence-corrected chi connectivity index (χ4v) is 1.15. The summed E-state index contributed by atoms with van der Waals surface area (Å²) in [4.78, 5) is 11.4. The molecule has 0 amide bonds. The van der Waals surface area contributed by atoms with Gasteiger partial charge in [-0.25, -0.2) is 0 Å². The first kappa shape index (κ1) is 10.2. The maximum absolute atomic E-state index is 11.4. The summed E-state index contributed by atoms with van der Waals surface area (Å²) < 4.78 is 10.4. The molecule has 13 heavy (non-hydrogen) atoms. The third-order valence-electron chi connectivity index (χ3n) is 1.85. The van der Waals surface area contributed by atoms with Crippen molar-refractivity contribution in [3.05, 3.63) is 0 Å². The number of ether oxygens (including phenoxy) is 2. The van der Waals surface area contributed by atoms with Gasteiger partial charge in [0.25, 0.3) is 0 Å². The minimum atomic E-state index is -0.354. The molecule has 1 saturated heterocycles. The molecule has 1 heterocycles. The van der Waals surface area contributed by atoms with Crippen LogP contribution in [0.3, 0.4) is 0 Å². The van der Waals surface area contributed by atoms with Gasteiger partial charge in [-0.1, -0.05) is 0 Å². The van der Waals surface area contributed by atoms with Crippen LogP contribution in [-0.4, -0.2) is 31.7 Å². The lowest BCUT2D eigenvalue weighted by molar-refractivity contribution is -0.145. The van der Waals surface area contributed by atoms with Gasteiger partial charge < -0.3 is 9.47 Å². The number of ketones is 1. The van der Waals surface area contributed by atoms with Gasteiger partial charge >= 0.3 is 0 Å². The molecule has 0 saturated carbocycles. The van der Waals surface area contributed by atoms with Crippen LogP contribution in [0.4, 0.5) is 0 Å². The van der Waals surface area contributed by atoms with Crippen LogP contribution in [0.25, 0.3) is 0 Å². The second kappa shape index (κ2) is 5.74. The molecule has 1 aliphatic heterocycles. The molecular formula is C10H14O3. The van der Waals surface area contributed by atoms with Crippen molar-refractivity contribution in [1.82, 2.24) is 0 Å². The Morgan fingerprint density at radius 2 is 2.38 bits per heavy atom. The summed E-state index contributed by atoms with van der Waals surface area (Å²) in [6, 6.07) is 0. The summed E-state index contributed by atoms with van der Waals surface area (Å²) in [7, 11) is 0. The predicted molar refractivity (Wildman–Crippen MR) is 48.3 cm³/mol. The van der Waals surface area contributed by atoms with Crippen molar-refractivity contribution in [2.24, 2.45) is 0 Å². The van der Waals surface area contributed by atoms with Gasteiger partial charge in [0.1, 0.15) is 6.10 Å². The van der Waals surface area contributed by atoms with Crippen molar-refractivity contribution < 1.29 is 14.3 Å². The van der Waals surface area contributed by atoms with Crippen LogP contribution in [0.15, 0.2) is 0 Å². The fraction of sp³-hybridized carbons (Fsp3) is 0.700. The van der Waals surface area contributed by atoms with Crippen LogP contribution >= 0.6 is 0 Å². The third-order valence-corrected chi connectivity index (χ3v) is 1.85. The molecule has 1 rings (SSSR count). The summed E-state index contributed by atoms with van der Waals surface area (Å²) in [5.74, 6) is 5.70. The van der Waals surface area contributed by atoms with E-state index < -0.39 is 0 Å². The normalized spacial score (nSPS) is 21.8. The Hall–Kier alpha value is -0.850. The van der Waals surface area contributed by atoms with E-state index in [1.165, 1.54) is 0 Å². The first-order valence-electron chi connectivity index (χ1n) is 4.46. The summed E-state index contributed by atoms with van der Waals surface area (Å²) in [6.45, 7) is 3.29. The van der Waals surface area contributed by atoms with E-state index in [0.717, 1.165) is 0 Å². The summed E-state index contributed by atoms with van der Waals surface area (Å²) >= 11 is 0. The largest absolute Gasteiger partial charge is 0.376 e. The molecule has 0 bridgehead atoms. The minimum Gasteiger partial charge on any atom is -0.376 e.